The summed E-state index contributed by atoms with van der Waals surface area (Å²) in [5.41, 5.74) is 7.28. The van der Waals surface area contributed by atoms with Gasteiger partial charge < -0.3 is 11.1 Å². The number of benzene rings is 2. The van der Waals surface area contributed by atoms with Crippen LogP contribution >= 0.6 is 46.9 Å². The molecule has 7 nitrogen and oxygen atoms in total. The highest BCUT2D eigenvalue weighted by Gasteiger charge is 2.10. The summed E-state index contributed by atoms with van der Waals surface area (Å²) < 4.78 is 16.1. The Balaban J connectivity index is 1.48. The third kappa shape index (κ3) is 5.11. The van der Waals surface area contributed by atoms with Gasteiger partial charge in [-0.1, -0.05) is 34.7 Å². The van der Waals surface area contributed by atoms with Gasteiger partial charge in [-0.3, -0.25) is 0 Å². The van der Waals surface area contributed by atoms with Crippen LogP contribution in [0.25, 0.3) is 5.69 Å². The number of rotatable bonds is 6. The number of nitrogens with two attached hydrogens (primary N) is 1. The van der Waals surface area contributed by atoms with Gasteiger partial charge in [-0.15, -0.1) is 5.10 Å². The van der Waals surface area contributed by atoms with Crippen molar-refractivity contribution in [2.45, 2.75) is 10.1 Å². The van der Waals surface area contributed by atoms with E-state index in [4.69, 9.17) is 29.6 Å². The molecule has 30 heavy (non-hydrogen) atoms. The Labute approximate surface area is 189 Å². The number of hydrogen-bond donors (Lipinski definition) is 2. The largest absolute Gasteiger partial charge is 0.368 e. The Kier molecular flexibility index (Phi) is 6.23. The highest BCUT2D eigenvalue weighted by Crippen LogP contribution is 2.27. The Morgan fingerprint density at radius 3 is 2.57 bits per heavy atom. The molecule has 0 aliphatic rings. The normalized spacial score (nSPS) is 10.9. The molecule has 152 valence electrons. The summed E-state index contributed by atoms with van der Waals surface area (Å²) in [5, 5.41) is 8.18. The Hall–Kier alpha value is -2.60. The van der Waals surface area contributed by atoms with E-state index in [1.54, 1.807) is 28.9 Å². The molecule has 0 fully saturated rings. The molecular formula is C18H13ClFN7S3. The first-order valence-corrected chi connectivity index (χ1v) is 11.1. The van der Waals surface area contributed by atoms with Gasteiger partial charge in [0.2, 0.25) is 11.9 Å². The van der Waals surface area contributed by atoms with Crippen molar-refractivity contribution in [1.82, 2.24) is 24.7 Å². The zero-order chi connectivity index (χ0) is 21.1. The number of aromatic nitrogens is 5. The second-order valence-corrected chi connectivity index (χ2v) is 9.16. The average Bonchev–Trinajstić information content (AvgIpc) is 3.09. The van der Waals surface area contributed by atoms with Gasteiger partial charge in [0.15, 0.2) is 8.29 Å². The van der Waals surface area contributed by atoms with Gasteiger partial charge in [-0.2, -0.15) is 15.0 Å². The minimum Gasteiger partial charge on any atom is -0.368 e. The zero-order valence-electron chi connectivity index (χ0n) is 15.1. The molecule has 0 aliphatic carbocycles. The van der Waals surface area contributed by atoms with Crippen LogP contribution in [0.4, 0.5) is 22.0 Å². The van der Waals surface area contributed by atoms with E-state index < -0.39 is 0 Å². The lowest BCUT2D eigenvalue weighted by molar-refractivity contribution is 0.628. The fourth-order valence-corrected chi connectivity index (χ4v) is 4.75. The third-order valence-corrected chi connectivity index (χ3v) is 6.34. The Morgan fingerprint density at radius 1 is 1.10 bits per heavy atom. The fourth-order valence-electron chi connectivity index (χ4n) is 2.41. The van der Waals surface area contributed by atoms with E-state index in [0.717, 1.165) is 10.0 Å². The van der Waals surface area contributed by atoms with Gasteiger partial charge in [-0.05, 0) is 60.7 Å². The maximum absolute atomic E-state index is 13.1. The molecule has 0 radical (unpaired) electrons. The standard InChI is InChI=1S/C18H13ClFN7S3/c19-10-1-7-13(8-2-10)27-18(28)30-17(26-27)29-9-14-23-15(21)25-16(24-14)22-12-5-3-11(20)4-6-12/h1-8H,9H2,(H3,21,22,23,24,25). The molecule has 2 aromatic carbocycles. The van der Waals surface area contributed by atoms with Crippen LogP contribution in [0.3, 0.4) is 0 Å². The van der Waals surface area contributed by atoms with Gasteiger partial charge >= 0.3 is 0 Å². The number of nitrogens with zero attached hydrogens (tertiary/aromatic N) is 5. The van der Waals surface area contributed by atoms with Crippen LogP contribution in [-0.4, -0.2) is 24.7 Å². The number of halogens is 2. The molecule has 2 aromatic heterocycles. The summed E-state index contributed by atoms with van der Waals surface area (Å²) in [4.78, 5) is 12.6. The predicted octanol–water partition coefficient (Wildman–Crippen LogP) is 5.26. The van der Waals surface area contributed by atoms with Crippen molar-refractivity contribution < 1.29 is 4.39 Å². The third-order valence-electron chi connectivity index (χ3n) is 3.72. The van der Waals surface area contributed by atoms with Crippen molar-refractivity contribution >= 4 is 64.5 Å². The Morgan fingerprint density at radius 2 is 1.83 bits per heavy atom. The van der Waals surface area contributed by atoms with Gasteiger partial charge in [-0.25, -0.2) is 9.07 Å². The number of hydrogen-bond acceptors (Lipinski definition) is 9. The van der Waals surface area contributed by atoms with Gasteiger partial charge in [0.05, 0.1) is 11.4 Å². The van der Waals surface area contributed by atoms with Crippen molar-refractivity contribution in [1.29, 1.82) is 0 Å². The van der Waals surface area contributed by atoms with Crippen LogP contribution in [0.1, 0.15) is 5.82 Å². The molecule has 0 amide bonds. The summed E-state index contributed by atoms with van der Waals surface area (Å²) in [7, 11) is 0. The van der Waals surface area contributed by atoms with Crippen LogP contribution in [0.5, 0.6) is 0 Å². The topological polar surface area (TPSA) is 94.5 Å². The van der Waals surface area contributed by atoms with Crippen molar-refractivity contribution in [2.75, 3.05) is 11.1 Å². The second kappa shape index (κ2) is 9.04. The van der Waals surface area contributed by atoms with Gasteiger partial charge in [0.25, 0.3) is 0 Å². The minimum absolute atomic E-state index is 0.0875. The average molecular weight is 478 g/mol. The van der Waals surface area contributed by atoms with E-state index >= 15 is 0 Å². The molecule has 0 saturated carbocycles. The zero-order valence-corrected chi connectivity index (χ0v) is 18.3. The lowest BCUT2D eigenvalue weighted by Crippen LogP contribution is -2.06. The maximum atomic E-state index is 13.1. The van der Waals surface area contributed by atoms with E-state index in [9.17, 15) is 4.39 Å². The summed E-state index contributed by atoms with van der Waals surface area (Å²) in [6.45, 7) is 0. The molecule has 0 aliphatic heterocycles. The van der Waals surface area contributed by atoms with Crippen LogP contribution in [-0.2, 0) is 5.75 Å². The number of nitrogens with one attached hydrogen (secondary N) is 1. The quantitative estimate of drug-likeness (QED) is 0.287. The van der Waals surface area contributed by atoms with E-state index in [-0.39, 0.29) is 17.7 Å². The number of nitrogen functional groups attached to an aromatic ring is 1. The predicted molar refractivity (Wildman–Crippen MR) is 121 cm³/mol. The first kappa shape index (κ1) is 20.7. The summed E-state index contributed by atoms with van der Waals surface area (Å²) in [6, 6.07) is 13.1. The molecule has 0 saturated heterocycles. The lowest BCUT2D eigenvalue weighted by Gasteiger charge is -2.07. The molecule has 0 bridgehead atoms. The highest BCUT2D eigenvalue weighted by molar-refractivity contribution is 8.00. The molecule has 4 aromatic rings. The molecule has 4 rings (SSSR count). The number of anilines is 3. The van der Waals surface area contributed by atoms with Crippen molar-refractivity contribution in [3.63, 3.8) is 0 Å². The van der Waals surface area contributed by atoms with E-state index in [1.807, 2.05) is 12.1 Å². The first-order chi connectivity index (χ1) is 14.5. The van der Waals surface area contributed by atoms with Crippen molar-refractivity contribution in [3.8, 4) is 5.69 Å². The van der Waals surface area contributed by atoms with Crippen LogP contribution in [0.2, 0.25) is 5.02 Å². The molecule has 0 spiro atoms. The minimum atomic E-state index is -0.326. The highest BCUT2D eigenvalue weighted by atomic mass is 35.5. The molecule has 3 N–H and O–H groups in total. The molecule has 2 heterocycles. The molecule has 12 heteroatoms. The fraction of sp³-hybridized carbons (Fsp3) is 0.0556. The number of thioether (sulfide) groups is 1. The van der Waals surface area contributed by atoms with Crippen LogP contribution < -0.4 is 11.1 Å². The first-order valence-electron chi connectivity index (χ1n) is 8.48. The monoisotopic (exact) mass is 477 g/mol. The summed E-state index contributed by atoms with van der Waals surface area (Å²) in [6.07, 6.45) is 0. The smallest absolute Gasteiger partial charge is 0.232 e. The van der Waals surface area contributed by atoms with Gasteiger partial charge in [0.1, 0.15) is 11.6 Å². The maximum Gasteiger partial charge on any atom is 0.232 e. The summed E-state index contributed by atoms with van der Waals surface area (Å²) in [5.74, 6) is 0.950. The van der Waals surface area contributed by atoms with Crippen molar-refractivity contribution in [2.24, 2.45) is 0 Å². The summed E-state index contributed by atoms with van der Waals surface area (Å²) >= 11 is 14.2. The van der Waals surface area contributed by atoms with Crippen LogP contribution in [0.15, 0.2) is 52.9 Å². The molecular weight excluding hydrogens is 465 g/mol. The van der Waals surface area contributed by atoms with E-state index in [2.05, 4.69) is 25.4 Å². The SMILES string of the molecule is Nc1nc(CSc2nn(-c3ccc(Cl)cc3)c(=S)s2)nc(Nc2ccc(F)cc2)n1. The van der Waals surface area contributed by atoms with E-state index in [0.29, 0.717) is 26.2 Å². The molecule has 0 unspecified atom stereocenters. The lowest BCUT2D eigenvalue weighted by atomic mass is 10.3. The van der Waals surface area contributed by atoms with Crippen LogP contribution in [0, 0.1) is 9.77 Å². The second-order valence-electron chi connectivity index (χ2n) is 5.88. The molecule has 0 atom stereocenters. The van der Waals surface area contributed by atoms with E-state index in [1.165, 1.54) is 35.2 Å². The van der Waals surface area contributed by atoms with Gasteiger partial charge in [0, 0.05) is 10.7 Å². The van der Waals surface area contributed by atoms with Crippen molar-refractivity contribution in [3.05, 3.63) is 69.1 Å². The Bertz CT molecular complexity index is 1230.